The Hall–Kier alpha value is -0.280. The van der Waals surface area contributed by atoms with Crippen LogP contribution >= 0.6 is 23.2 Å². The fraction of sp³-hybridized carbons (Fsp3) is 0.571. The van der Waals surface area contributed by atoms with Crippen molar-refractivity contribution in [2.75, 3.05) is 19.6 Å². The predicted octanol–water partition coefficient (Wildman–Crippen LogP) is 3.57. The Kier molecular flexibility index (Phi) is 4.54. The van der Waals surface area contributed by atoms with E-state index in [1.54, 1.807) is 0 Å². The fourth-order valence-electron chi connectivity index (χ4n) is 2.37. The van der Waals surface area contributed by atoms with Crippen molar-refractivity contribution in [1.29, 1.82) is 0 Å². The van der Waals surface area contributed by atoms with E-state index in [9.17, 15) is 0 Å². The van der Waals surface area contributed by atoms with Gasteiger partial charge in [-0.25, -0.2) is 0 Å². The highest BCUT2D eigenvalue weighted by Gasteiger charge is 2.28. The summed E-state index contributed by atoms with van der Waals surface area (Å²) in [5, 5.41) is 4.99. The predicted molar refractivity (Wildman–Crippen MR) is 78.4 cm³/mol. The number of nitrogens with one attached hydrogen (secondary N) is 1. The van der Waals surface area contributed by atoms with Crippen LogP contribution in [0.3, 0.4) is 0 Å². The quantitative estimate of drug-likeness (QED) is 0.894. The summed E-state index contributed by atoms with van der Waals surface area (Å²) in [4.78, 5) is 2.46. The lowest BCUT2D eigenvalue weighted by atomic mass is 10.0. The third-order valence-electron chi connectivity index (χ3n) is 3.61. The maximum absolute atomic E-state index is 6.26. The third kappa shape index (κ3) is 3.18. The maximum atomic E-state index is 6.26. The molecular weight excluding hydrogens is 267 g/mol. The van der Waals surface area contributed by atoms with Crippen LogP contribution in [0.5, 0.6) is 0 Å². The number of hydrogen-bond acceptors (Lipinski definition) is 2. The molecular formula is C14H20Cl2N2. The van der Waals surface area contributed by atoms with Gasteiger partial charge in [0.1, 0.15) is 0 Å². The molecule has 100 valence electrons. The van der Waals surface area contributed by atoms with Gasteiger partial charge in [-0.3, -0.25) is 4.90 Å². The van der Waals surface area contributed by atoms with E-state index in [4.69, 9.17) is 23.2 Å². The first-order chi connectivity index (χ1) is 8.50. The Morgan fingerprint density at radius 1 is 1.28 bits per heavy atom. The minimum atomic E-state index is 0.124. The topological polar surface area (TPSA) is 15.3 Å². The van der Waals surface area contributed by atoms with Crippen LogP contribution in [-0.4, -0.2) is 30.1 Å². The lowest BCUT2D eigenvalue weighted by Crippen LogP contribution is -2.48. The molecule has 1 aliphatic rings. The van der Waals surface area contributed by atoms with Gasteiger partial charge in [0.05, 0.1) is 0 Å². The smallest absolute Gasteiger partial charge is 0.0465 e. The maximum Gasteiger partial charge on any atom is 0.0465 e. The minimum Gasteiger partial charge on any atom is -0.315 e. The zero-order valence-corrected chi connectivity index (χ0v) is 12.5. The van der Waals surface area contributed by atoms with Crippen molar-refractivity contribution in [1.82, 2.24) is 10.2 Å². The van der Waals surface area contributed by atoms with Gasteiger partial charge in [0.15, 0.2) is 0 Å². The van der Waals surface area contributed by atoms with Crippen molar-refractivity contribution in [2.45, 2.75) is 32.4 Å². The molecule has 0 atom stereocenters. The van der Waals surface area contributed by atoms with Gasteiger partial charge < -0.3 is 5.32 Å². The number of benzene rings is 1. The van der Waals surface area contributed by atoms with E-state index in [1.165, 1.54) is 0 Å². The van der Waals surface area contributed by atoms with E-state index in [0.29, 0.717) is 0 Å². The van der Waals surface area contributed by atoms with E-state index in [-0.39, 0.29) is 5.54 Å². The highest BCUT2D eigenvalue weighted by atomic mass is 35.5. The Morgan fingerprint density at radius 2 is 1.94 bits per heavy atom. The molecule has 1 aromatic carbocycles. The first kappa shape index (κ1) is 14.1. The lowest BCUT2D eigenvalue weighted by Gasteiger charge is -2.37. The van der Waals surface area contributed by atoms with Crippen LogP contribution < -0.4 is 5.32 Å². The average Bonchev–Trinajstić information content (AvgIpc) is 2.46. The number of rotatable bonds is 2. The zero-order valence-electron chi connectivity index (χ0n) is 11.0. The third-order valence-corrected chi connectivity index (χ3v) is 4.31. The molecule has 0 aliphatic carbocycles. The van der Waals surface area contributed by atoms with Crippen LogP contribution in [0.2, 0.25) is 10.0 Å². The summed E-state index contributed by atoms with van der Waals surface area (Å²) in [5.74, 6) is 0. The van der Waals surface area contributed by atoms with Crippen LogP contribution in [0.15, 0.2) is 18.2 Å². The van der Waals surface area contributed by atoms with E-state index in [1.807, 2.05) is 18.2 Å². The summed E-state index contributed by atoms with van der Waals surface area (Å²) in [6, 6.07) is 5.71. The molecule has 1 N–H and O–H groups in total. The Bertz CT molecular complexity index is 398. The van der Waals surface area contributed by atoms with Crippen molar-refractivity contribution in [3.63, 3.8) is 0 Å². The highest BCUT2D eigenvalue weighted by Crippen LogP contribution is 2.28. The molecule has 0 spiro atoms. The first-order valence-electron chi connectivity index (χ1n) is 6.39. The van der Waals surface area contributed by atoms with E-state index in [0.717, 1.165) is 48.2 Å². The molecule has 1 fully saturated rings. The average molecular weight is 287 g/mol. The number of hydrogen-bond donors (Lipinski definition) is 1. The van der Waals surface area contributed by atoms with Gasteiger partial charge in [-0.1, -0.05) is 29.3 Å². The van der Waals surface area contributed by atoms with Crippen LogP contribution in [-0.2, 0) is 6.54 Å². The molecule has 0 aromatic heterocycles. The molecule has 1 aliphatic heterocycles. The largest absolute Gasteiger partial charge is 0.315 e. The fourth-order valence-corrected chi connectivity index (χ4v) is 2.89. The second-order valence-corrected chi connectivity index (χ2v) is 6.28. The highest BCUT2D eigenvalue weighted by molar-refractivity contribution is 6.35. The van der Waals surface area contributed by atoms with Crippen molar-refractivity contribution < 1.29 is 0 Å². The monoisotopic (exact) mass is 286 g/mol. The van der Waals surface area contributed by atoms with E-state index in [2.05, 4.69) is 24.1 Å². The lowest BCUT2D eigenvalue weighted by molar-refractivity contribution is 0.125. The molecule has 0 amide bonds. The molecule has 0 saturated carbocycles. The van der Waals surface area contributed by atoms with E-state index >= 15 is 0 Å². The molecule has 0 bridgehead atoms. The van der Waals surface area contributed by atoms with Gasteiger partial charge in [0, 0.05) is 40.8 Å². The van der Waals surface area contributed by atoms with Crippen LogP contribution in [0.1, 0.15) is 25.8 Å². The molecule has 1 heterocycles. The molecule has 0 unspecified atom stereocenters. The first-order valence-corrected chi connectivity index (χ1v) is 7.15. The van der Waals surface area contributed by atoms with Gasteiger partial charge in [-0.2, -0.15) is 0 Å². The molecule has 2 nitrogen and oxygen atoms in total. The van der Waals surface area contributed by atoms with Gasteiger partial charge >= 0.3 is 0 Å². The molecule has 4 heteroatoms. The summed E-state index contributed by atoms with van der Waals surface area (Å²) >= 11 is 12.5. The molecule has 0 radical (unpaired) electrons. The zero-order chi connectivity index (χ0) is 13.2. The van der Waals surface area contributed by atoms with E-state index < -0.39 is 0 Å². The van der Waals surface area contributed by atoms with Gasteiger partial charge in [0.2, 0.25) is 0 Å². The number of halogens is 2. The molecule has 1 aromatic rings. The van der Waals surface area contributed by atoms with Crippen molar-refractivity contribution in [3.8, 4) is 0 Å². The van der Waals surface area contributed by atoms with Gasteiger partial charge in [0.25, 0.3) is 0 Å². The van der Waals surface area contributed by atoms with Crippen molar-refractivity contribution in [2.24, 2.45) is 0 Å². The SMILES string of the molecule is CC1(C)CNCCCN1Cc1c(Cl)cccc1Cl. The molecule has 2 rings (SSSR count). The summed E-state index contributed by atoms with van der Waals surface area (Å²) in [5.41, 5.74) is 1.16. The number of nitrogens with zero attached hydrogens (tertiary/aromatic N) is 1. The summed E-state index contributed by atoms with van der Waals surface area (Å²) in [6.45, 7) is 8.48. The normalized spacial score (nSPS) is 20.7. The minimum absolute atomic E-state index is 0.124. The van der Waals surface area contributed by atoms with Crippen LogP contribution in [0.25, 0.3) is 0 Å². The van der Waals surface area contributed by atoms with Gasteiger partial charge in [-0.15, -0.1) is 0 Å². The standard InChI is InChI=1S/C14H20Cl2N2/c1-14(2)10-17-7-4-8-18(14)9-11-12(15)5-3-6-13(11)16/h3,5-6,17H,4,7-10H2,1-2H3. The summed E-state index contributed by atoms with van der Waals surface area (Å²) in [7, 11) is 0. The Balaban J connectivity index is 2.21. The summed E-state index contributed by atoms with van der Waals surface area (Å²) < 4.78 is 0. The van der Waals surface area contributed by atoms with Crippen molar-refractivity contribution >= 4 is 23.2 Å². The Morgan fingerprint density at radius 3 is 2.61 bits per heavy atom. The van der Waals surface area contributed by atoms with Crippen molar-refractivity contribution in [3.05, 3.63) is 33.8 Å². The van der Waals surface area contributed by atoms with Gasteiger partial charge in [-0.05, 0) is 38.9 Å². The summed E-state index contributed by atoms with van der Waals surface area (Å²) in [6.07, 6.45) is 1.16. The second-order valence-electron chi connectivity index (χ2n) is 5.46. The molecule has 18 heavy (non-hydrogen) atoms. The second kappa shape index (κ2) is 5.79. The van der Waals surface area contributed by atoms with Crippen LogP contribution in [0.4, 0.5) is 0 Å². The molecule has 1 saturated heterocycles. The van der Waals surface area contributed by atoms with Crippen LogP contribution in [0, 0.1) is 0 Å². The Labute approximate surface area is 119 Å².